The van der Waals surface area contributed by atoms with Crippen molar-refractivity contribution >= 4 is 41.3 Å². The van der Waals surface area contributed by atoms with Gasteiger partial charge in [0.05, 0.1) is 30.4 Å². The van der Waals surface area contributed by atoms with E-state index in [0.29, 0.717) is 6.54 Å². The zero-order valence-corrected chi connectivity index (χ0v) is 19.4. The molecule has 0 aliphatic heterocycles. The molecule has 0 bridgehead atoms. The van der Waals surface area contributed by atoms with Crippen LogP contribution in [0.5, 0.6) is 5.75 Å². The predicted molar refractivity (Wildman–Crippen MR) is 123 cm³/mol. The van der Waals surface area contributed by atoms with Gasteiger partial charge in [0.2, 0.25) is 0 Å². The van der Waals surface area contributed by atoms with Gasteiger partial charge in [-0.15, -0.1) is 35.3 Å². The summed E-state index contributed by atoms with van der Waals surface area (Å²) in [5.74, 6) is 2.51. The van der Waals surface area contributed by atoms with Crippen molar-refractivity contribution in [2.24, 2.45) is 10.9 Å². The van der Waals surface area contributed by atoms with E-state index in [1.807, 2.05) is 25.1 Å². The third-order valence-electron chi connectivity index (χ3n) is 4.31. The molecule has 5 nitrogen and oxygen atoms in total. The minimum Gasteiger partial charge on any atom is -0.493 e. The summed E-state index contributed by atoms with van der Waals surface area (Å²) in [6.07, 6.45) is 2.59. The fourth-order valence-corrected chi connectivity index (χ4v) is 3.55. The average molecular weight is 500 g/mol. The number of rotatable bonds is 8. The maximum atomic E-state index is 5.98. The summed E-state index contributed by atoms with van der Waals surface area (Å²) in [6.45, 7) is 9.15. The van der Waals surface area contributed by atoms with E-state index < -0.39 is 0 Å². The number of para-hydroxylation sites is 1. The van der Waals surface area contributed by atoms with Crippen molar-refractivity contribution in [3.8, 4) is 5.75 Å². The highest BCUT2D eigenvalue weighted by Gasteiger charge is 2.22. The Hall–Kier alpha value is -1.35. The Morgan fingerprint density at radius 2 is 2.04 bits per heavy atom. The van der Waals surface area contributed by atoms with Crippen LogP contribution in [0.1, 0.15) is 40.9 Å². The van der Waals surface area contributed by atoms with Crippen LogP contribution in [0.15, 0.2) is 29.3 Å². The Bertz CT molecular complexity index is 758. The Labute approximate surface area is 183 Å². The number of guanidine groups is 1. The van der Waals surface area contributed by atoms with Gasteiger partial charge in [0.1, 0.15) is 5.75 Å². The van der Waals surface area contributed by atoms with Gasteiger partial charge in [-0.1, -0.05) is 18.2 Å². The molecule has 0 saturated heterocycles. The van der Waals surface area contributed by atoms with Crippen molar-refractivity contribution in [2.75, 3.05) is 13.2 Å². The number of aliphatic imine (C=N–C) groups is 1. The van der Waals surface area contributed by atoms with Crippen molar-refractivity contribution in [2.45, 2.75) is 46.7 Å². The summed E-state index contributed by atoms with van der Waals surface area (Å²) in [7, 11) is 0. The van der Waals surface area contributed by atoms with Gasteiger partial charge < -0.3 is 15.4 Å². The molecule has 27 heavy (non-hydrogen) atoms. The number of ether oxygens (including phenoxy) is 1. The lowest BCUT2D eigenvalue weighted by atomic mass is 10.2. The van der Waals surface area contributed by atoms with E-state index in [2.05, 4.69) is 35.5 Å². The molecule has 1 aromatic carbocycles. The van der Waals surface area contributed by atoms with Gasteiger partial charge in [0, 0.05) is 17.0 Å². The average Bonchev–Trinajstić information content (AvgIpc) is 3.40. The van der Waals surface area contributed by atoms with Gasteiger partial charge in [-0.05, 0) is 45.6 Å². The zero-order chi connectivity index (χ0) is 18.4. The van der Waals surface area contributed by atoms with Crippen LogP contribution >= 0.6 is 35.3 Å². The monoisotopic (exact) mass is 500 g/mol. The van der Waals surface area contributed by atoms with Crippen LogP contribution in [-0.2, 0) is 13.1 Å². The first kappa shape index (κ1) is 21.9. The van der Waals surface area contributed by atoms with Gasteiger partial charge >= 0.3 is 0 Å². The number of hydrogen-bond donors (Lipinski definition) is 2. The molecular formula is C20H29IN4OS. The third-order valence-corrected chi connectivity index (χ3v) is 5.38. The lowest BCUT2D eigenvalue weighted by molar-refractivity contribution is 0.297. The fraction of sp³-hybridized carbons (Fsp3) is 0.500. The number of nitrogens with one attached hydrogen (secondary N) is 2. The molecule has 0 unspecified atom stereocenters. The molecule has 1 aliphatic rings. The summed E-state index contributed by atoms with van der Waals surface area (Å²) in [4.78, 5) is 10.5. The molecule has 1 fully saturated rings. The molecule has 0 atom stereocenters. The van der Waals surface area contributed by atoms with Gasteiger partial charge in [-0.25, -0.2) is 9.98 Å². The van der Waals surface area contributed by atoms with E-state index in [1.165, 1.54) is 17.7 Å². The summed E-state index contributed by atoms with van der Waals surface area (Å²) in [5, 5.41) is 7.82. The number of nitrogens with zero attached hydrogens (tertiary/aromatic N) is 2. The van der Waals surface area contributed by atoms with Gasteiger partial charge in [0.15, 0.2) is 5.96 Å². The van der Waals surface area contributed by atoms with Gasteiger partial charge in [0.25, 0.3) is 0 Å². The van der Waals surface area contributed by atoms with Crippen molar-refractivity contribution in [3.63, 3.8) is 0 Å². The Kier molecular flexibility index (Phi) is 8.82. The lowest BCUT2D eigenvalue weighted by Crippen LogP contribution is -2.36. The highest BCUT2D eigenvalue weighted by atomic mass is 127. The number of thiazole rings is 1. The van der Waals surface area contributed by atoms with Crippen LogP contribution in [0.4, 0.5) is 0 Å². The topological polar surface area (TPSA) is 58.5 Å². The maximum absolute atomic E-state index is 5.98. The number of aromatic nitrogens is 1. The van der Waals surface area contributed by atoms with E-state index in [9.17, 15) is 0 Å². The van der Waals surface area contributed by atoms with Crippen molar-refractivity contribution < 1.29 is 4.74 Å². The molecule has 2 N–H and O–H groups in total. The number of hydrogen-bond acceptors (Lipinski definition) is 4. The van der Waals surface area contributed by atoms with Crippen LogP contribution in [0, 0.1) is 19.8 Å². The molecule has 0 radical (unpaired) electrons. The van der Waals surface area contributed by atoms with E-state index in [1.54, 1.807) is 11.3 Å². The number of halogens is 1. The van der Waals surface area contributed by atoms with E-state index in [0.717, 1.165) is 53.6 Å². The summed E-state index contributed by atoms with van der Waals surface area (Å²) in [6, 6.07) is 8.19. The molecule has 2 aromatic rings. The Morgan fingerprint density at radius 3 is 2.70 bits per heavy atom. The SMILES string of the molecule is CCNC(=NCc1ccccc1OCC1CC1)NCc1sc(C)nc1C.I. The quantitative estimate of drug-likeness (QED) is 0.320. The van der Waals surface area contributed by atoms with E-state index in [-0.39, 0.29) is 24.0 Å². The normalized spacial score (nSPS) is 13.8. The first-order valence-electron chi connectivity index (χ1n) is 9.31. The van der Waals surface area contributed by atoms with Crippen molar-refractivity contribution in [3.05, 3.63) is 45.4 Å². The molecule has 7 heteroatoms. The first-order valence-corrected chi connectivity index (χ1v) is 10.1. The summed E-state index contributed by atoms with van der Waals surface area (Å²) in [5.41, 5.74) is 2.21. The highest BCUT2D eigenvalue weighted by Crippen LogP contribution is 2.30. The smallest absolute Gasteiger partial charge is 0.191 e. The Morgan fingerprint density at radius 1 is 1.26 bits per heavy atom. The molecule has 0 spiro atoms. The molecular weight excluding hydrogens is 471 g/mol. The predicted octanol–water partition coefficient (Wildman–Crippen LogP) is 4.42. The number of aryl methyl sites for hydroxylation is 2. The largest absolute Gasteiger partial charge is 0.493 e. The first-order chi connectivity index (χ1) is 12.7. The zero-order valence-electron chi connectivity index (χ0n) is 16.2. The van der Waals surface area contributed by atoms with Gasteiger partial charge in [-0.3, -0.25) is 0 Å². The molecule has 1 aliphatic carbocycles. The van der Waals surface area contributed by atoms with Crippen LogP contribution in [-0.4, -0.2) is 24.1 Å². The summed E-state index contributed by atoms with van der Waals surface area (Å²) < 4.78 is 5.98. The molecule has 3 rings (SSSR count). The Balaban J connectivity index is 0.00000261. The van der Waals surface area contributed by atoms with Crippen LogP contribution < -0.4 is 15.4 Å². The maximum Gasteiger partial charge on any atom is 0.191 e. The third kappa shape index (κ3) is 6.95. The van der Waals surface area contributed by atoms with E-state index >= 15 is 0 Å². The van der Waals surface area contributed by atoms with Crippen molar-refractivity contribution in [1.82, 2.24) is 15.6 Å². The highest BCUT2D eigenvalue weighted by molar-refractivity contribution is 14.0. The second-order valence-corrected chi connectivity index (χ2v) is 7.94. The van der Waals surface area contributed by atoms with Crippen LogP contribution in [0.25, 0.3) is 0 Å². The van der Waals surface area contributed by atoms with Crippen molar-refractivity contribution in [1.29, 1.82) is 0 Å². The molecule has 1 heterocycles. The van der Waals surface area contributed by atoms with Crippen LogP contribution in [0.3, 0.4) is 0 Å². The number of benzene rings is 1. The molecule has 0 amide bonds. The minimum atomic E-state index is 0. The lowest BCUT2D eigenvalue weighted by Gasteiger charge is -2.13. The second-order valence-electron chi connectivity index (χ2n) is 6.65. The minimum absolute atomic E-state index is 0. The molecule has 1 aromatic heterocycles. The molecule has 148 valence electrons. The van der Waals surface area contributed by atoms with E-state index in [4.69, 9.17) is 9.73 Å². The second kappa shape index (κ2) is 10.8. The van der Waals surface area contributed by atoms with Gasteiger partial charge in [-0.2, -0.15) is 0 Å². The summed E-state index contributed by atoms with van der Waals surface area (Å²) >= 11 is 1.73. The molecule has 1 saturated carbocycles. The fourth-order valence-electron chi connectivity index (χ4n) is 2.67. The standard InChI is InChI=1S/C20H28N4OS.HI/c1-4-21-20(23-12-19-14(2)24-15(3)26-19)22-11-17-7-5-6-8-18(17)25-13-16-9-10-16;/h5-8,16H,4,9-13H2,1-3H3,(H2,21,22,23);1H. The van der Waals surface area contributed by atoms with Crippen LogP contribution in [0.2, 0.25) is 0 Å².